The molecule has 0 spiro atoms. The van der Waals surface area contributed by atoms with Gasteiger partial charge in [0.2, 0.25) is 0 Å². The van der Waals surface area contributed by atoms with E-state index in [1.54, 1.807) is 0 Å². The summed E-state index contributed by atoms with van der Waals surface area (Å²) in [7, 11) is 2.04. The van der Waals surface area contributed by atoms with Gasteiger partial charge in [-0.3, -0.25) is 0 Å². The van der Waals surface area contributed by atoms with Crippen LogP contribution in [0.2, 0.25) is 0 Å². The van der Waals surface area contributed by atoms with E-state index < -0.39 is 0 Å². The molecule has 0 radical (unpaired) electrons. The second-order valence-electron chi connectivity index (χ2n) is 2.41. The molecule has 0 unspecified atom stereocenters. The number of rotatable bonds is 0. The van der Waals surface area contributed by atoms with Crippen LogP contribution in [0.1, 0.15) is 0 Å². The Bertz CT molecular complexity index is 351. The number of hydrogen-bond donors (Lipinski definition) is 0. The van der Waals surface area contributed by atoms with Gasteiger partial charge in [0.05, 0.1) is 0 Å². The van der Waals surface area contributed by atoms with E-state index in [1.165, 1.54) is 10.9 Å². The summed E-state index contributed by atoms with van der Waals surface area (Å²) in [6, 6.07) is 11.1. The number of aromatic nitrogens is 1. The maximum atomic E-state index is 3.04. The first kappa shape index (κ1) is 8.45. The molecule has 0 bridgehead atoms. The molecule has 0 atom stereocenters. The first-order valence-electron chi connectivity index (χ1n) is 3.29. The summed E-state index contributed by atoms with van der Waals surface area (Å²) in [6.07, 6.45) is 2.05. The van der Waals surface area contributed by atoms with Gasteiger partial charge in [-0.2, -0.15) is 18.2 Å². The van der Waals surface area contributed by atoms with Gasteiger partial charge in [0.25, 0.3) is 0 Å². The molecule has 0 aliphatic carbocycles. The molecule has 1 aromatic carbocycles. The third-order valence-electron chi connectivity index (χ3n) is 1.73. The Morgan fingerprint density at radius 3 is 2.91 bits per heavy atom. The molecule has 2 heteroatoms. The number of fused-ring (bicyclic) bond motifs is 1. The maximum absolute atomic E-state index is 3.04. The monoisotopic (exact) mass is 137 g/mol. The summed E-state index contributed by atoms with van der Waals surface area (Å²) in [4.78, 5) is 0. The summed E-state index contributed by atoms with van der Waals surface area (Å²) in [5, 5.41) is 1.25. The fourth-order valence-electron chi connectivity index (χ4n) is 1.16. The minimum absolute atomic E-state index is 0. The number of benzene rings is 1. The molecule has 0 aliphatic heterocycles. The van der Waals surface area contributed by atoms with Crippen LogP contribution >= 0.6 is 0 Å². The molecule has 2 rings (SSSR count). The summed E-state index contributed by atoms with van der Waals surface area (Å²) in [5.74, 6) is 0. The molecule has 1 nitrogen and oxygen atoms in total. The Morgan fingerprint density at radius 2 is 2.18 bits per heavy atom. The van der Waals surface area contributed by atoms with Crippen LogP contribution in [0.3, 0.4) is 0 Å². The van der Waals surface area contributed by atoms with Crippen LogP contribution in [-0.2, 0) is 7.05 Å². The maximum Gasteiger partial charge on any atom is 1.00 e. The normalized spacial score (nSPS) is 9.55. The van der Waals surface area contributed by atoms with E-state index in [0.717, 1.165) is 0 Å². The van der Waals surface area contributed by atoms with Gasteiger partial charge in [-0.25, -0.2) is 0 Å². The van der Waals surface area contributed by atoms with E-state index in [4.69, 9.17) is 0 Å². The van der Waals surface area contributed by atoms with E-state index in [1.807, 2.05) is 19.2 Å². The van der Waals surface area contributed by atoms with Crippen molar-refractivity contribution in [2.75, 3.05) is 0 Å². The topological polar surface area (TPSA) is 4.93 Å². The van der Waals surface area contributed by atoms with Gasteiger partial charge >= 0.3 is 18.9 Å². The summed E-state index contributed by atoms with van der Waals surface area (Å²) >= 11 is 0. The molecule has 2 aromatic rings. The van der Waals surface area contributed by atoms with E-state index >= 15 is 0 Å². The third kappa shape index (κ3) is 1.35. The molecule has 0 saturated carbocycles. The smallest absolute Gasteiger partial charge is 0.374 e. The molecular weight excluding hydrogens is 129 g/mol. The summed E-state index contributed by atoms with van der Waals surface area (Å²) < 4.78 is 2.10. The van der Waals surface area contributed by atoms with E-state index in [-0.39, 0.29) is 18.9 Å². The van der Waals surface area contributed by atoms with Gasteiger partial charge in [-0.1, -0.05) is 11.6 Å². The molecule has 0 fully saturated rings. The van der Waals surface area contributed by atoms with Crippen molar-refractivity contribution in [1.82, 2.24) is 4.57 Å². The number of hydrogen-bond acceptors (Lipinski definition) is 0. The van der Waals surface area contributed by atoms with Crippen LogP contribution in [0, 0.1) is 6.07 Å². The molecule has 11 heavy (non-hydrogen) atoms. The predicted octanol–water partition coefficient (Wildman–Crippen LogP) is -1.02. The van der Waals surface area contributed by atoms with Crippen LogP contribution in [-0.4, -0.2) is 4.57 Å². The molecule has 0 aliphatic rings. The average Bonchev–Trinajstić information content (AvgIpc) is 2.34. The van der Waals surface area contributed by atoms with Gasteiger partial charge in [-0.15, -0.1) is 11.5 Å². The van der Waals surface area contributed by atoms with Gasteiger partial charge < -0.3 is 4.57 Å². The molecule has 0 N–H and O–H groups in total. The Balaban J connectivity index is 0.000000605. The summed E-state index contributed by atoms with van der Waals surface area (Å²) in [6.45, 7) is 0. The van der Waals surface area contributed by atoms with Crippen molar-refractivity contribution in [3.05, 3.63) is 36.5 Å². The van der Waals surface area contributed by atoms with Crippen molar-refractivity contribution < 1.29 is 18.9 Å². The minimum Gasteiger partial charge on any atom is -0.374 e. The van der Waals surface area contributed by atoms with Crippen molar-refractivity contribution in [2.24, 2.45) is 7.05 Å². The molecule has 1 heterocycles. The van der Waals surface area contributed by atoms with Gasteiger partial charge in [0.1, 0.15) is 0 Å². The van der Waals surface area contributed by atoms with E-state index in [9.17, 15) is 0 Å². The Morgan fingerprint density at radius 1 is 1.36 bits per heavy atom. The first-order valence-corrected chi connectivity index (χ1v) is 3.29. The van der Waals surface area contributed by atoms with Crippen LogP contribution < -0.4 is 18.9 Å². The predicted molar refractivity (Wildman–Crippen MR) is 41.8 cm³/mol. The zero-order valence-corrected chi connectivity index (χ0v) is 6.83. The molecular formula is C9H8LiN. The summed E-state index contributed by atoms with van der Waals surface area (Å²) in [5.41, 5.74) is 1.26. The van der Waals surface area contributed by atoms with Crippen LogP contribution in [0.4, 0.5) is 0 Å². The van der Waals surface area contributed by atoms with E-state index in [0.29, 0.717) is 0 Å². The van der Waals surface area contributed by atoms with Crippen LogP contribution in [0.5, 0.6) is 0 Å². The minimum atomic E-state index is 0. The van der Waals surface area contributed by atoms with Crippen molar-refractivity contribution in [3.8, 4) is 0 Å². The van der Waals surface area contributed by atoms with Crippen LogP contribution in [0.25, 0.3) is 10.9 Å². The van der Waals surface area contributed by atoms with E-state index in [2.05, 4.69) is 29.0 Å². The van der Waals surface area contributed by atoms with Gasteiger partial charge in [0.15, 0.2) is 0 Å². The van der Waals surface area contributed by atoms with Crippen molar-refractivity contribution in [3.63, 3.8) is 0 Å². The van der Waals surface area contributed by atoms with Crippen molar-refractivity contribution >= 4 is 10.9 Å². The quantitative estimate of drug-likeness (QED) is 0.323. The largest absolute Gasteiger partial charge is 1.00 e. The first-order chi connectivity index (χ1) is 4.88. The fourth-order valence-corrected chi connectivity index (χ4v) is 1.16. The third-order valence-corrected chi connectivity index (χ3v) is 1.73. The second-order valence-corrected chi connectivity index (χ2v) is 2.41. The van der Waals surface area contributed by atoms with Gasteiger partial charge in [0, 0.05) is 7.05 Å². The van der Waals surface area contributed by atoms with Crippen molar-refractivity contribution in [2.45, 2.75) is 0 Å². The fraction of sp³-hybridized carbons (Fsp3) is 0.111. The Kier molecular flexibility index (Phi) is 2.44. The molecule has 1 aromatic heterocycles. The Labute approximate surface area is 78.2 Å². The molecule has 50 valence electrons. The number of nitrogens with zero attached hydrogens (tertiary/aromatic N) is 1. The van der Waals surface area contributed by atoms with Gasteiger partial charge in [-0.05, 0) is 6.20 Å². The average molecular weight is 137 g/mol. The zero-order valence-electron chi connectivity index (χ0n) is 6.83. The van der Waals surface area contributed by atoms with Crippen LogP contribution in [0.15, 0.2) is 30.5 Å². The Hall–Kier alpha value is -0.643. The molecule has 0 saturated heterocycles. The second kappa shape index (κ2) is 3.17. The SMILES string of the molecule is Cn1ccc2c[c-]ccc21.[Li+]. The zero-order chi connectivity index (χ0) is 6.97. The standard InChI is InChI=1S/C9H8N.Li/c1-10-7-6-8-4-2-3-5-9(8)10;/h3-7H,1H3;/q-1;+1. The molecule has 0 amide bonds. The van der Waals surface area contributed by atoms with Crippen molar-refractivity contribution in [1.29, 1.82) is 0 Å². The number of aryl methyl sites for hydroxylation is 1.